The van der Waals surface area contributed by atoms with E-state index in [1.54, 1.807) is 17.7 Å². The lowest BCUT2D eigenvalue weighted by atomic mass is 10.2. The number of carbonyl (C=O) groups is 1. The van der Waals surface area contributed by atoms with Crippen molar-refractivity contribution < 1.29 is 22.5 Å². The largest absolute Gasteiger partial charge is 0.319 e. The van der Waals surface area contributed by atoms with Crippen molar-refractivity contribution in [1.82, 2.24) is 4.57 Å². The first-order chi connectivity index (χ1) is 15.6. The SMILES string of the molecule is Cn1c(=NC(=O)c2ccc(NS(=O)(=O)c3ccc(F)cc3)cc2)sc2cc([N+](=O)[O-])ccc21. The highest BCUT2D eigenvalue weighted by atomic mass is 32.2. The summed E-state index contributed by atoms with van der Waals surface area (Å²) >= 11 is 1.14. The number of sulfonamides is 1. The number of aromatic nitrogens is 1. The molecule has 0 fully saturated rings. The van der Waals surface area contributed by atoms with Gasteiger partial charge in [0.15, 0.2) is 4.80 Å². The summed E-state index contributed by atoms with van der Waals surface area (Å²) in [5.74, 6) is -1.11. The van der Waals surface area contributed by atoms with Crippen molar-refractivity contribution in [3.05, 3.63) is 93.0 Å². The highest BCUT2D eigenvalue weighted by molar-refractivity contribution is 7.92. The van der Waals surface area contributed by atoms with Gasteiger partial charge in [-0.1, -0.05) is 11.3 Å². The number of fused-ring (bicyclic) bond motifs is 1. The van der Waals surface area contributed by atoms with Crippen molar-refractivity contribution in [2.45, 2.75) is 4.90 Å². The zero-order valence-corrected chi connectivity index (χ0v) is 18.6. The molecule has 0 saturated carbocycles. The van der Waals surface area contributed by atoms with Crippen molar-refractivity contribution in [3.63, 3.8) is 0 Å². The molecule has 0 radical (unpaired) electrons. The number of amides is 1. The second-order valence-electron chi connectivity index (χ2n) is 6.91. The van der Waals surface area contributed by atoms with Gasteiger partial charge in [0.05, 0.1) is 20.0 Å². The third-order valence-corrected chi connectivity index (χ3v) is 7.20. The molecule has 0 spiro atoms. The lowest BCUT2D eigenvalue weighted by Gasteiger charge is -2.08. The number of carbonyl (C=O) groups excluding carboxylic acids is 1. The summed E-state index contributed by atoms with van der Waals surface area (Å²) in [6.07, 6.45) is 0. The lowest BCUT2D eigenvalue weighted by molar-refractivity contribution is -0.384. The Kier molecular flexibility index (Phi) is 5.78. The lowest BCUT2D eigenvalue weighted by Crippen LogP contribution is -2.14. The normalized spacial score (nSPS) is 12.1. The fourth-order valence-corrected chi connectivity index (χ4v) is 5.11. The number of nitrogens with zero attached hydrogens (tertiary/aromatic N) is 3. The second-order valence-corrected chi connectivity index (χ2v) is 9.60. The Bertz CT molecular complexity index is 1560. The van der Waals surface area contributed by atoms with Crippen molar-refractivity contribution >= 4 is 48.9 Å². The molecule has 0 aliphatic carbocycles. The molecule has 0 atom stereocenters. The molecule has 0 aliphatic rings. The Morgan fingerprint density at radius 1 is 1.09 bits per heavy atom. The van der Waals surface area contributed by atoms with Gasteiger partial charge >= 0.3 is 0 Å². The maximum Gasteiger partial charge on any atom is 0.279 e. The van der Waals surface area contributed by atoms with Crippen LogP contribution in [0.2, 0.25) is 0 Å². The topological polar surface area (TPSA) is 124 Å². The summed E-state index contributed by atoms with van der Waals surface area (Å²) in [4.78, 5) is 27.5. The summed E-state index contributed by atoms with van der Waals surface area (Å²) in [6, 6.07) is 14.5. The van der Waals surface area contributed by atoms with Crippen LogP contribution in [0, 0.1) is 15.9 Å². The molecule has 12 heteroatoms. The van der Waals surface area contributed by atoms with Crippen LogP contribution in [0.5, 0.6) is 0 Å². The van der Waals surface area contributed by atoms with E-state index >= 15 is 0 Å². The van der Waals surface area contributed by atoms with Crippen LogP contribution < -0.4 is 9.52 Å². The fraction of sp³-hybridized carbons (Fsp3) is 0.0476. The predicted octanol–water partition coefficient (Wildman–Crippen LogP) is 3.83. The maximum atomic E-state index is 13.0. The van der Waals surface area contributed by atoms with Gasteiger partial charge in [0, 0.05) is 30.4 Å². The molecule has 1 heterocycles. The molecule has 1 amide bonds. The minimum atomic E-state index is -3.92. The van der Waals surface area contributed by atoms with Crippen LogP contribution >= 0.6 is 11.3 Å². The van der Waals surface area contributed by atoms with Crippen LogP contribution in [0.25, 0.3) is 10.2 Å². The highest BCUT2D eigenvalue weighted by Gasteiger charge is 2.15. The molecule has 168 valence electrons. The maximum absolute atomic E-state index is 13.0. The van der Waals surface area contributed by atoms with Crippen LogP contribution in [0.3, 0.4) is 0 Å². The van der Waals surface area contributed by atoms with Crippen LogP contribution in [-0.2, 0) is 17.1 Å². The number of aryl methyl sites for hydroxylation is 1. The van der Waals surface area contributed by atoms with Crippen molar-refractivity contribution in [2.75, 3.05) is 4.72 Å². The van der Waals surface area contributed by atoms with Crippen molar-refractivity contribution in [2.24, 2.45) is 12.0 Å². The van der Waals surface area contributed by atoms with Gasteiger partial charge in [0.1, 0.15) is 5.82 Å². The standard InChI is InChI=1S/C21H15FN4O5S2/c1-25-18-11-8-16(26(28)29)12-19(18)32-21(25)23-20(27)13-2-6-15(7-3-13)24-33(30,31)17-9-4-14(22)5-10-17/h2-12,24H,1H3. The Hall–Kier alpha value is -3.90. The van der Waals surface area contributed by atoms with E-state index in [-0.39, 0.29) is 21.8 Å². The van der Waals surface area contributed by atoms with Gasteiger partial charge in [-0.2, -0.15) is 4.99 Å². The minimum Gasteiger partial charge on any atom is -0.319 e. The highest BCUT2D eigenvalue weighted by Crippen LogP contribution is 2.23. The summed E-state index contributed by atoms with van der Waals surface area (Å²) in [5.41, 5.74) is 1.09. The van der Waals surface area contributed by atoms with Gasteiger partial charge in [0.25, 0.3) is 21.6 Å². The molecule has 4 rings (SSSR count). The van der Waals surface area contributed by atoms with Crippen molar-refractivity contribution in [3.8, 4) is 0 Å². The summed E-state index contributed by atoms with van der Waals surface area (Å²) in [7, 11) is -2.22. The van der Waals surface area contributed by atoms with Gasteiger partial charge < -0.3 is 4.57 Å². The molecular formula is C21H15FN4O5S2. The van der Waals surface area contributed by atoms with E-state index in [4.69, 9.17) is 0 Å². The van der Waals surface area contributed by atoms with E-state index in [1.165, 1.54) is 36.4 Å². The third kappa shape index (κ3) is 4.66. The molecule has 9 nitrogen and oxygen atoms in total. The number of thiazole rings is 1. The van der Waals surface area contributed by atoms with Crippen LogP contribution in [-0.4, -0.2) is 23.8 Å². The quantitative estimate of drug-likeness (QED) is 0.339. The smallest absolute Gasteiger partial charge is 0.279 e. The number of rotatable bonds is 5. The Balaban J connectivity index is 1.57. The predicted molar refractivity (Wildman–Crippen MR) is 121 cm³/mol. The first-order valence-corrected chi connectivity index (χ1v) is 11.7. The molecule has 33 heavy (non-hydrogen) atoms. The summed E-state index contributed by atoms with van der Waals surface area (Å²) in [6.45, 7) is 0. The molecular weight excluding hydrogens is 471 g/mol. The first kappa shape index (κ1) is 22.3. The number of halogens is 1. The Morgan fingerprint density at radius 3 is 2.39 bits per heavy atom. The van der Waals surface area contributed by atoms with Gasteiger partial charge in [-0.3, -0.25) is 19.6 Å². The van der Waals surface area contributed by atoms with E-state index < -0.39 is 26.7 Å². The van der Waals surface area contributed by atoms with E-state index in [0.29, 0.717) is 15.0 Å². The van der Waals surface area contributed by atoms with Crippen molar-refractivity contribution in [1.29, 1.82) is 0 Å². The number of non-ortho nitro benzene ring substituents is 1. The molecule has 0 bridgehead atoms. The first-order valence-electron chi connectivity index (χ1n) is 9.35. The zero-order chi connectivity index (χ0) is 23.8. The number of hydrogen-bond donors (Lipinski definition) is 1. The number of nitro groups is 1. The molecule has 1 N–H and O–H groups in total. The molecule has 4 aromatic rings. The number of anilines is 1. The third-order valence-electron chi connectivity index (χ3n) is 4.71. The van der Waals surface area contributed by atoms with Crippen LogP contribution in [0.4, 0.5) is 15.8 Å². The molecule has 0 unspecified atom stereocenters. The summed E-state index contributed by atoms with van der Waals surface area (Å²) in [5, 5.41) is 11.0. The minimum absolute atomic E-state index is 0.0547. The average molecular weight is 487 g/mol. The van der Waals surface area contributed by atoms with Gasteiger partial charge in [-0.05, 0) is 54.6 Å². The Labute approximate surface area is 190 Å². The van der Waals surface area contributed by atoms with E-state index in [2.05, 4.69) is 9.71 Å². The fourth-order valence-electron chi connectivity index (χ4n) is 3.00. The van der Waals surface area contributed by atoms with Crippen LogP contribution in [0.1, 0.15) is 10.4 Å². The number of benzene rings is 3. The van der Waals surface area contributed by atoms with E-state index in [1.807, 2.05) is 0 Å². The molecule has 1 aromatic heterocycles. The number of nitrogens with one attached hydrogen (secondary N) is 1. The van der Waals surface area contributed by atoms with Crippen LogP contribution in [0.15, 0.2) is 76.6 Å². The van der Waals surface area contributed by atoms with E-state index in [0.717, 1.165) is 35.6 Å². The zero-order valence-electron chi connectivity index (χ0n) is 16.9. The van der Waals surface area contributed by atoms with Gasteiger partial charge in [0.2, 0.25) is 0 Å². The molecule has 0 aliphatic heterocycles. The van der Waals surface area contributed by atoms with Gasteiger partial charge in [-0.25, -0.2) is 12.8 Å². The number of nitro benzene ring substituents is 1. The molecule has 3 aromatic carbocycles. The summed E-state index contributed by atoms with van der Waals surface area (Å²) < 4.78 is 42.5. The number of hydrogen-bond acceptors (Lipinski definition) is 6. The average Bonchev–Trinajstić information content (AvgIpc) is 3.08. The van der Waals surface area contributed by atoms with Gasteiger partial charge in [-0.15, -0.1) is 0 Å². The second kappa shape index (κ2) is 8.56. The Morgan fingerprint density at radius 2 is 1.76 bits per heavy atom. The van der Waals surface area contributed by atoms with E-state index in [9.17, 15) is 27.7 Å². The monoisotopic (exact) mass is 486 g/mol. The molecule has 0 saturated heterocycles.